The van der Waals surface area contributed by atoms with E-state index in [4.69, 9.17) is 4.74 Å². The molecule has 7 heteroatoms. The molecule has 0 heterocycles. The highest BCUT2D eigenvalue weighted by atomic mass is 16.6. The predicted octanol–water partition coefficient (Wildman–Crippen LogP) is 6.25. The van der Waals surface area contributed by atoms with E-state index in [2.05, 4.69) is 24.1 Å². The molecule has 3 amide bonds. The van der Waals surface area contributed by atoms with Crippen LogP contribution < -0.4 is 10.6 Å². The monoisotopic (exact) mass is 507 g/mol. The molecule has 37 heavy (non-hydrogen) atoms. The van der Waals surface area contributed by atoms with Crippen LogP contribution in [0.3, 0.4) is 0 Å². The number of carbonyl (C=O) groups is 3. The summed E-state index contributed by atoms with van der Waals surface area (Å²) in [5, 5.41) is 5.56. The van der Waals surface area contributed by atoms with E-state index in [1.165, 1.54) is 0 Å². The number of aryl methyl sites for hydroxylation is 1. The summed E-state index contributed by atoms with van der Waals surface area (Å²) in [5.41, 5.74) is 2.43. The number of nitrogens with one attached hydrogen (secondary N) is 2. The van der Waals surface area contributed by atoms with Crippen molar-refractivity contribution in [2.24, 2.45) is 0 Å². The van der Waals surface area contributed by atoms with E-state index in [9.17, 15) is 14.4 Å². The molecule has 2 rings (SSSR count). The number of amides is 3. The summed E-state index contributed by atoms with van der Waals surface area (Å²) in [6, 6.07) is 14.1. The number of nitrogens with zero attached hydrogens (tertiary/aromatic N) is 1. The molecule has 0 saturated heterocycles. The lowest BCUT2D eigenvalue weighted by Crippen LogP contribution is -2.47. The van der Waals surface area contributed by atoms with Crippen molar-refractivity contribution < 1.29 is 19.1 Å². The molecule has 0 spiro atoms. The highest BCUT2D eigenvalue weighted by Crippen LogP contribution is 2.26. The summed E-state index contributed by atoms with van der Waals surface area (Å²) < 4.78 is 5.28. The predicted molar refractivity (Wildman–Crippen MR) is 149 cm³/mol. The lowest BCUT2D eigenvalue weighted by atomic mass is 10.00. The van der Waals surface area contributed by atoms with Crippen molar-refractivity contribution in [2.75, 3.05) is 18.4 Å². The van der Waals surface area contributed by atoms with Gasteiger partial charge in [-0.25, -0.2) is 4.79 Å². The number of hydrogen-bond acceptors (Lipinski definition) is 4. The fourth-order valence-corrected chi connectivity index (χ4v) is 3.91. The topological polar surface area (TPSA) is 87.7 Å². The van der Waals surface area contributed by atoms with Crippen LogP contribution in [0, 0.1) is 6.92 Å². The maximum Gasteiger partial charge on any atom is 0.408 e. The van der Waals surface area contributed by atoms with E-state index >= 15 is 0 Å². The van der Waals surface area contributed by atoms with Gasteiger partial charge in [-0.1, -0.05) is 75.2 Å². The Morgan fingerprint density at radius 3 is 2.43 bits per heavy atom. The van der Waals surface area contributed by atoms with Crippen LogP contribution in [-0.4, -0.2) is 41.5 Å². The number of unbranched alkanes of at least 4 members (excludes halogenated alkanes) is 3. The molecule has 0 radical (unpaired) electrons. The lowest BCUT2D eigenvalue weighted by Gasteiger charge is -2.32. The van der Waals surface area contributed by atoms with Crippen molar-refractivity contribution in [3.8, 4) is 0 Å². The summed E-state index contributed by atoms with van der Waals surface area (Å²) in [6.45, 7) is 13.2. The number of carbonyl (C=O) groups excluding carboxylic acids is 3. The number of benzene rings is 2. The first-order valence-electron chi connectivity index (χ1n) is 12.9. The maximum atomic E-state index is 13.8. The van der Waals surface area contributed by atoms with Gasteiger partial charge < -0.3 is 20.3 Å². The second-order valence-corrected chi connectivity index (χ2v) is 10.1. The third-order valence-corrected chi connectivity index (χ3v) is 5.78. The molecule has 1 atom stereocenters. The van der Waals surface area contributed by atoms with Crippen LogP contribution in [0.25, 0.3) is 6.08 Å². The number of rotatable bonds is 12. The molecule has 2 N–H and O–H groups in total. The fourth-order valence-electron chi connectivity index (χ4n) is 3.91. The average molecular weight is 508 g/mol. The Bertz CT molecular complexity index is 1070. The van der Waals surface area contributed by atoms with Gasteiger partial charge in [-0.2, -0.15) is 0 Å². The van der Waals surface area contributed by atoms with Crippen LogP contribution in [0.4, 0.5) is 10.5 Å². The zero-order chi connectivity index (χ0) is 27.4. The van der Waals surface area contributed by atoms with Gasteiger partial charge in [-0.15, -0.1) is 0 Å². The minimum atomic E-state index is -0.894. The van der Waals surface area contributed by atoms with E-state index in [1.54, 1.807) is 31.7 Å². The third kappa shape index (κ3) is 9.75. The Balaban J connectivity index is 2.40. The summed E-state index contributed by atoms with van der Waals surface area (Å²) in [7, 11) is 0. The zero-order valence-electron chi connectivity index (χ0n) is 22.8. The van der Waals surface area contributed by atoms with Crippen LogP contribution >= 0.6 is 0 Å². The summed E-state index contributed by atoms with van der Waals surface area (Å²) in [4.78, 5) is 41.1. The molecule has 0 fully saturated rings. The minimum absolute atomic E-state index is 0.280. The minimum Gasteiger partial charge on any atom is -0.444 e. The molecule has 0 aliphatic heterocycles. The first-order chi connectivity index (χ1) is 17.6. The van der Waals surface area contributed by atoms with Gasteiger partial charge in [0.2, 0.25) is 5.91 Å². The zero-order valence-corrected chi connectivity index (χ0v) is 22.8. The SMILES string of the molecule is C=Cc1cccc(C(C(=O)Nc2ccccc2C)N(CCCCCC)C(=O)CNC(=O)OC(C)(C)C)c1. The maximum absolute atomic E-state index is 13.8. The smallest absolute Gasteiger partial charge is 0.408 e. The standard InChI is InChI=1S/C30H41N3O4/c1-7-9-10-13-19-33(26(34)21-31-29(36)37-30(4,5)6)27(24-17-14-16-23(8-2)20-24)28(35)32-25-18-12-11-15-22(25)3/h8,11-12,14-18,20,27H,2,7,9-10,13,19,21H2,1,3-6H3,(H,31,36)(H,32,35). The van der Waals surface area contributed by atoms with Crippen LogP contribution in [0.1, 0.15) is 76.1 Å². The molecular weight excluding hydrogens is 466 g/mol. The first kappa shape index (κ1) is 29.6. The molecule has 1 unspecified atom stereocenters. The lowest BCUT2D eigenvalue weighted by molar-refractivity contribution is -0.138. The molecule has 7 nitrogen and oxygen atoms in total. The Morgan fingerprint density at radius 2 is 1.78 bits per heavy atom. The van der Waals surface area contributed by atoms with Gasteiger partial charge in [0.1, 0.15) is 18.2 Å². The number of alkyl carbamates (subject to hydrolysis) is 1. The quantitative estimate of drug-likeness (QED) is 0.332. The van der Waals surface area contributed by atoms with E-state index in [0.29, 0.717) is 17.8 Å². The van der Waals surface area contributed by atoms with Crippen molar-refractivity contribution in [2.45, 2.75) is 71.9 Å². The highest BCUT2D eigenvalue weighted by molar-refractivity contribution is 5.99. The van der Waals surface area contributed by atoms with Crippen LogP contribution in [0.2, 0.25) is 0 Å². The number of ether oxygens (including phenoxy) is 1. The average Bonchev–Trinajstić information content (AvgIpc) is 2.84. The number of hydrogen-bond donors (Lipinski definition) is 2. The molecule has 2 aromatic rings. The summed E-state index contributed by atoms with van der Waals surface area (Å²) >= 11 is 0. The first-order valence-corrected chi connectivity index (χ1v) is 12.9. The molecular formula is C30H41N3O4. The van der Waals surface area contributed by atoms with E-state index in [-0.39, 0.29) is 18.4 Å². The summed E-state index contributed by atoms with van der Waals surface area (Å²) in [5.74, 6) is -0.687. The molecule has 2 aromatic carbocycles. The van der Waals surface area contributed by atoms with Gasteiger partial charge in [0, 0.05) is 12.2 Å². The van der Waals surface area contributed by atoms with Gasteiger partial charge in [0.25, 0.3) is 5.91 Å². The Kier molecular flexibility index (Phi) is 11.4. The number of anilines is 1. The normalized spacial score (nSPS) is 11.8. The Hall–Kier alpha value is -3.61. The van der Waals surface area contributed by atoms with E-state index in [0.717, 1.165) is 36.8 Å². The van der Waals surface area contributed by atoms with Gasteiger partial charge in [0.15, 0.2) is 0 Å². The van der Waals surface area contributed by atoms with Gasteiger partial charge in [-0.3, -0.25) is 9.59 Å². The fraction of sp³-hybridized carbons (Fsp3) is 0.433. The van der Waals surface area contributed by atoms with Crippen molar-refractivity contribution >= 4 is 29.7 Å². The second kappa shape index (κ2) is 14.2. The van der Waals surface area contributed by atoms with Crippen LogP contribution in [0.5, 0.6) is 0 Å². The van der Waals surface area contributed by atoms with E-state index in [1.807, 2.05) is 55.5 Å². The van der Waals surface area contributed by atoms with Gasteiger partial charge >= 0.3 is 6.09 Å². The van der Waals surface area contributed by atoms with Crippen molar-refractivity contribution in [3.05, 3.63) is 71.8 Å². The van der Waals surface area contributed by atoms with Crippen LogP contribution in [-0.2, 0) is 14.3 Å². The summed E-state index contributed by atoms with van der Waals surface area (Å²) in [6.07, 6.45) is 4.77. The second-order valence-electron chi connectivity index (χ2n) is 10.1. The third-order valence-electron chi connectivity index (χ3n) is 5.78. The molecule has 200 valence electrons. The van der Waals surface area contributed by atoms with Crippen molar-refractivity contribution in [1.29, 1.82) is 0 Å². The van der Waals surface area contributed by atoms with Gasteiger partial charge in [0.05, 0.1) is 0 Å². The molecule has 0 aliphatic carbocycles. The molecule has 0 saturated carbocycles. The van der Waals surface area contributed by atoms with E-state index < -0.39 is 17.7 Å². The Labute approximate surface area is 221 Å². The largest absolute Gasteiger partial charge is 0.444 e. The molecule has 0 bridgehead atoms. The molecule has 0 aliphatic rings. The Morgan fingerprint density at radius 1 is 1.05 bits per heavy atom. The highest BCUT2D eigenvalue weighted by Gasteiger charge is 2.32. The van der Waals surface area contributed by atoms with Crippen molar-refractivity contribution in [3.63, 3.8) is 0 Å². The molecule has 0 aromatic heterocycles. The van der Waals surface area contributed by atoms with Crippen LogP contribution in [0.15, 0.2) is 55.1 Å². The number of para-hydroxylation sites is 1. The van der Waals surface area contributed by atoms with Crippen molar-refractivity contribution in [1.82, 2.24) is 10.2 Å². The van der Waals surface area contributed by atoms with Gasteiger partial charge in [-0.05, 0) is 62.9 Å².